The minimum absolute atomic E-state index is 0.0465. The third-order valence-electron chi connectivity index (χ3n) is 4.38. The number of fused-ring (bicyclic) bond motifs is 1. The lowest BCUT2D eigenvalue weighted by atomic mass is 10.2. The van der Waals surface area contributed by atoms with Crippen LogP contribution in [0, 0.1) is 6.92 Å². The quantitative estimate of drug-likeness (QED) is 0.787. The van der Waals surface area contributed by atoms with Crippen molar-refractivity contribution in [3.8, 4) is 17.2 Å². The van der Waals surface area contributed by atoms with Gasteiger partial charge in [-0.15, -0.1) is 0 Å². The smallest absolute Gasteiger partial charge is 0.161 e. The van der Waals surface area contributed by atoms with E-state index in [-0.39, 0.29) is 12.7 Å². The third-order valence-corrected chi connectivity index (χ3v) is 4.38. The van der Waals surface area contributed by atoms with Gasteiger partial charge in [0.1, 0.15) is 31.2 Å². The highest BCUT2D eigenvalue weighted by atomic mass is 16.6. The summed E-state index contributed by atoms with van der Waals surface area (Å²) in [5.74, 6) is 2.36. The number of nitrogens with zero attached hydrogens (tertiary/aromatic N) is 1. The normalized spacial score (nSPS) is 17.2. The number of aliphatic hydroxyl groups is 1. The summed E-state index contributed by atoms with van der Waals surface area (Å²) in [4.78, 5) is 2.16. The molecule has 1 aliphatic heterocycles. The number of hydrogen-bond acceptors (Lipinski definition) is 5. The average Bonchev–Trinajstić information content (AvgIpc) is 2.66. The van der Waals surface area contributed by atoms with Crippen LogP contribution in [0.1, 0.15) is 12.5 Å². The second-order valence-corrected chi connectivity index (χ2v) is 6.63. The Morgan fingerprint density at radius 3 is 2.77 bits per heavy atom. The van der Waals surface area contributed by atoms with Gasteiger partial charge in [0, 0.05) is 13.1 Å². The van der Waals surface area contributed by atoms with Gasteiger partial charge >= 0.3 is 0 Å². The summed E-state index contributed by atoms with van der Waals surface area (Å²) in [5.41, 5.74) is 1.14. The van der Waals surface area contributed by atoms with Gasteiger partial charge in [-0.1, -0.05) is 31.2 Å². The number of rotatable bonds is 8. The van der Waals surface area contributed by atoms with Crippen molar-refractivity contribution in [2.75, 3.05) is 32.8 Å². The molecule has 0 fully saturated rings. The van der Waals surface area contributed by atoms with Gasteiger partial charge in [-0.3, -0.25) is 4.90 Å². The van der Waals surface area contributed by atoms with Crippen molar-refractivity contribution >= 4 is 0 Å². The Morgan fingerprint density at radius 1 is 1.19 bits per heavy atom. The van der Waals surface area contributed by atoms with Crippen LogP contribution in [0.2, 0.25) is 0 Å². The molecule has 0 aliphatic carbocycles. The first-order valence-electron chi connectivity index (χ1n) is 9.12. The van der Waals surface area contributed by atoms with Gasteiger partial charge in [0.2, 0.25) is 0 Å². The summed E-state index contributed by atoms with van der Waals surface area (Å²) in [7, 11) is 0. The maximum absolute atomic E-state index is 10.3. The molecule has 2 aromatic rings. The molecule has 1 heterocycles. The molecule has 5 nitrogen and oxygen atoms in total. The fourth-order valence-electron chi connectivity index (χ4n) is 3.02. The van der Waals surface area contributed by atoms with Crippen molar-refractivity contribution < 1.29 is 19.3 Å². The van der Waals surface area contributed by atoms with Crippen molar-refractivity contribution in [2.45, 2.75) is 26.1 Å². The number of likely N-dealkylation sites (N-methyl/N-ethyl adjacent to an activating group) is 1. The topological polar surface area (TPSA) is 51.2 Å². The molecule has 0 radical (unpaired) electrons. The number of aliphatic hydroxyl groups excluding tert-OH is 1. The van der Waals surface area contributed by atoms with E-state index in [0.29, 0.717) is 19.7 Å². The van der Waals surface area contributed by atoms with Crippen LogP contribution in [0.15, 0.2) is 48.5 Å². The Hall–Kier alpha value is -2.24. The molecule has 140 valence electrons. The number of hydrogen-bond donors (Lipinski definition) is 1. The fourth-order valence-corrected chi connectivity index (χ4v) is 3.02. The highest BCUT2D eigenvalue weighted by Crippen LogP contribution is 2.31. The summed E-state index contributed by atoms with van der Waals surface area (Å²) in [6.07, 6.45) is -0.609. The van der Waals surface area contributed by atoms with Gasteiger partial charge < -0.3 is 19.3 Å². The summed E-state index contributed by atoms with van der Waals surface area (Å²) in [6, 6.07) is 15.6. The highest BCUT2D eigenvalue weighted by Gasteiger charge is 2.23. The second-order valence-electron chi connectivity index (χ2n) is 6.63. The van der Waals surface area contributed by atoms with E-state index in [1.165, 1.54) is 0 Å². The Morgan fingerprint density at radius 2 is 2.00 bits per heavy atom. The van der Waals surface area contributed by atoms with Crippen LogP contribution in [-0.2, 0) is 0 Å². The van der Waals surface area contributed by atoms with Crippen molar-refractivity contribution in [3.63, 3.8) is 0 Å². The van der Waals surface area contributed by atoms with E-state index in [1.807, 2.05) is 55.5 Å². The first-order chi connectivity index (χ1) is 12.6. The summed E-state index contributed by atoms with van der Waals surface area (Å²) in [5, 5.41) is 10.3. The van der Waals surface area contributed by atoms with Crippen molar-refractivity contribution in [3.05, 3.63) is 54.1 Å². The summed E-state index contributed by atoms with van der Waals surface area (Å²) >= 11 is 0. The summed E-state index contributed by atoms with van der Waals surface area (Å²) < 4.78 is 17.5. The molecule has 5 heteroatoms. The Bertz CT molecular complexity index is 706. The zero-order chi connectivity index (χ0) is 18.4. The lowest BCUT2D eigenvalue weighted by molar-refractivity contribution is 0.0300. The maximum atomic E-state index is 10.3. The van der Waals surface area contributed by atoms with Gasteiger partial charge in [-0.05, 0) is 43.3 Å². The Labute approximate surface area is 155 Å². The van der Waals surface area contributed by atoms with E-state index in [0.717, 1.165) is 29.4 Å². The third kappa shape index (κ3) is 5.13. The first-order valence-corrected chi connectivity index (χ1v) is 9.12. The molecule has 26 heavy (non-hydrogen) atoms. The number of benzene rings is 2. The zero-order valence-electron chi connectivity index (χ0n) is 15.4. The maximum Gasteiger partial charge on any atom is 0.161 e. The molecule has 3 rings (SSSR count). The first kappa shape index (κ1) is 18.5. The average molecular weight is 357 g/mol. The van der Waals surface area contributed by atoms with Crippen LogP contribution in [0.4, 0.5) is 0 Å². The van der Waals surface area contributed by atoms with E-state index >= 15 is 0 Å². The number of aryl methyl sites for hydroxylation is 1. The fraction of sp³-hybridized carbons (Fsp3) is 0.429. The number of ether oxygens (including phenoxy) is 3. The van der Waals surface area contributed by atoms with E-state index in [4.69, 9.17) is 14.2 Å². The van der Waals surface area contributed by atoms with Gasteiger partial charge in [-0.25, -0.2) is 0 Å². The van der Waals surface area contributed by atoms with E-state index in [2.05, 4.69) is 11.8 Å². The summed E-state index contributed by atoms with van der Waals surface area (Å²) in [6.45, 7) is 6.94. The van der Waals surface area contributed by atoms with Crippen molar-refractivity contribution in [1.29, 1.82) is 0 Å². The van der Waals surface area contributed by atoms with Crippen LogP contribution >= 0.6 is 0 Å². The van der Waals surface area contributed by atoms with Crippen LogP contribution in [0.25, 0.3) is 0 Å². The highest BCUT2D eigenvalue weighted by molar-refractivity contribution is 5.40. The molecule has 0 saturated heterocycles. The molecule has 0 saturated carbocycles. The van der Waals surface area contributed by atoms with Crippen LogP contribution in [-0.4, -0.2) is 55.1 Å². The van der Waals surface area contributed by atoms with E-state index < -0.39 is 6.10 Å². The molecule has 0 bridgehead atoms. The van der Waals surface area contributed by atoms with Crippen LogP contribution < -0.4 is 14.2 Å². The monoisotopic (exact) mass is 357 g/mol. The molecule has 1 N–H and O–H groups in total. The Kier molecular flexibility index (Phi) is 6.36. The largest absolute Gasteiger partial charge is 0.491 e. The minimum atomic E-state index is -0.563. The lowest BCUT2D eigenvalue weighted by Crippen LogP contribution is -2.44. The molecular formula is C21H27NO4. The number of para-hydroxylation sites is 2. The molecule has 0 aromatic heterocycles. The zero-order valence-corrected chi connectivity index (χ0v) is 15.4. The van der Waals surface area contributed by atoms with E-state index in [9.17, 15) is 5.11 Å². The van der Waals surface area contributed by atoms with E-state index in [1.54, 1.807) is 0 Å². The van der Waals surface area contributed by atoms with Crippen LogP contribution in [0.3, 0.4) is 0 Å². The van der Waals surface area contributed by atoms with Gasteiger partial charge in [0.15, 0.2) is 11.5 Å². The lowest BCUT2D eigenvalue weighted by Gasteiger charge is -2.31. The standard InChI is InChI=1S/C21H27NO4/c1-3-22(12-17(23)14-24-18-8-6-7-16(2)11-18)13-19-15-25-20-9-4-5-10-21(20)26-19/h4-11,17,19,23H,3,12-15H2,1-2H3. The van der Waals surface area contributed by atoms with Crippen molar-refractivity contribution in [2.24, 2.45) is 0 Å². The molecule has 2 aromatic carbocycles. The predicted octanol–water partition coefficient (Wildman–Crippen LogP) is 2.90. The second kappa shape index (κ2) is 8.92. The molecule has 2 unspecified atom stereocenters. The molecule has 0 spiro atoms. The van der Waals surface area contributed by atoms with Gasteiger partial charge in [0.05, 0.1) is 0 Å². The van der Waals surface area contributed by atoms with Gasteiger partial charge in [0.25, 0.3) is 0 Å². The Balaban J connectivity index is 1.47. The predicted molar refractivity (Wildman–Crippen MR) is 101 cm³/mol. The van der Waals surface area contributed by atoms with Gasteiger partial charge in [-0.2, -0.15) is 0 Å². The SMILES string of the molecule is CCN(CC(O)COc1cccc(C)c1)CC1COc2ccccc2O1. The molecule has 0 amide bonds. The van der Waals surface area contributed by atoms with Crippen LogP contribution in [0.5, 0.6) is 17.2 Å². The minimum Gasteiger partial charge on any atom is -0.491 e. The molecule has 1 aliphatic rings. The molecule has 2 atom stereocenters. The molecular weight excluding hydrogens is 330 g/mol. The van der Waals surface area contributed by atoms with Crippen molar-refractivity contribution in [1.82, 2.24) is 4.90 Å².